The van der Waals surface area contributed by atoms with Gasteiger partial charge in [-0.25, -0.2) is 14.8 Å². The molecule has 48 heavy (non-hydrogen) atoms. The van der Waals surface area contributed by atoms with E-state index in [1.165, 1.54) is 24.3 Å². The van der Waals surface area contributed by atoms with Crippen molar-refractivity contribution in [3.63, 3.8) is 0 Å². The minimum Gasteiger partial charge on any atom is -0.465 e. The van der Waals surface area contributed by atoms with Gasteiger partial charge in [-0.1, -0.05) is 44.0 Å². The molecule has 0 aliphatic carbocycles. The Morgan fingerprint density at radius 2 is 1.27 bits per heavy atom. The molecule has 0 saturated heterocycles. The minimum atomic E-state index is -3.09. The zero-order valence-electron chi connectivity index (χ0n) is 25.2. The summed E-state index contributed by atoms with van der Waals surface area (Å²) in [5.41, 5.74) is 4.78. The number of nitrogens with zero attached hydrogens (tertiary/aromatic N) is 2. The number of carbonyl (C=O) groups is 1. The van der Waals surface area contributed by atoms with Crippen LogP contribution >= 0.6 is 31.9 Å². The Kier molecular flexibility index (Phi) is 10.7. The zero-order chi connectivity index (χ0) is 34.7. The molecule has 0 aliphatic rings. The summed E-state index contributed by atoms with van der Waals surface area (Å²) in [5.74, 6) is -0.580. The van der Waals surface area contributed by atoms with Gasteiger partial charge in [-0.2, -0.15) is 17.6 Å². The molecule has 2 aromatic heterocycles. The Labute approximate surface area is 286 Å². The maximum atomic E-state index is 12.6. The Hall–Kier alpha value is -4.47. The van der Waals surface area contributed by atoms with Gasteiger partial charge in [0.05, 0.1) is 13.7 Å². The number of carbonyl (C=O) groups excluding carboxylic acids is 1. The molecule has 2 heterocycles. The van der Waals surface area contributed by atoms with Gasteiger partial charge < -0.3 is 28.2 Å². The van der Waals surface area contributed by atoms with Crippen LogP contribution in [0.1, 0.15) is 27.0 Å². The fraction of sp³-hybridized carbons (Fsp3) is 0.182. The highest BCUT2D eigenvalue weighted by molar-refractivity contribution is 9.10. The van der Waals surface area contributed by atoms with Gasteiger partial charge in [-0.05, 0) is 61.4 Å². The SMILES string of the molecule is COC(=O)c1cc2nc(-c3cccc(Br)c3C)oc2cc1OC(F)F.Cc1c(Br)cccc1-c1nc2cc(CO)c(OC(F)F)cc2o1. The van der Waals surface area contributed by atoms with Crippen LogP contribution in [0, 0.1) is 13.8 Å². The topological polar surface area (TPSA) is 117 Å². The number of hydrogen-bond acceptors (Lipinski definition) is 9. The lowest BCUT2D eigenvalue weighted by Gasteiger charge is -2.08. The van der Waals surface area contributed by atoms with Gasteiger partial charge in [0.25, 0.3) is 0 Å². The highest BCUT2D eigenvalue weighted by atomic mass is 79.9. The zero-order valence-corrected chi connectivity index (χ0v) is 28.4. The summed E-state index contributed by atoms with van der Waals surface area (Å²) in [6, 6.07) is 16.4. The van der Waals surface area contributed by atoms with Crippen LogP contribution in [-0.2, 0) is 11.3 Å². The molecule has 0 radical (unpaired) electrons. The molecular weight excluding hydrogens is 772 g/mol. The lowest BCUT2D eigenvalue weighted by atomic mass is 10.1. The largest absolute Gasteiger partial charge is 0.465 e. The summed E-state index contributed by atoms with van der Waals surface area (Å²) < 4.78 is 76.7. The molecule has 6 aromatic rings. The van der Waals surface area contributed by atoms with Gasteiger partial charge in [0.2, 0.25) is 11.8 Å². The first-order valence-corrected chi connectivity index (χ1v) is 15.5. The van der Waals surface area contributed by atoms with Crippen molar-refractivity contribution in [1.82, 2.24) is 9.97 Å². The highest BCUT2D eigenvalue weighted by Crippen LogP contribution is 2.35. The van der Waals surface area contributed by atoms with Crippen LogP contribution in [0.4, 0.5) is 17.6 Å². The molecular formula is C33H24Br2F4N2O7. The number of methoxy groups -OCH3 is 1. The summed E-state index contributed by atoms with van der Waals surface area (Å²) in [4.78, 5) is 20.5. The number of oxazole rings is 2. The van der Waals surface area contributed by atoms with E-state index in [-0.39, 0.29) is 28.2 Å². The number of alkyl halides is 4. The van der Waals surface area contributed by atoms with Crippen molar-refractivity contribution in [2.24, 2.45) is 0 Å². The molecule has 1 N–H and O–H groups in total. The molecule has 0 spiro atoms. The highest BCUT2D eigenvalue weighted by Gasteiger charge is 2.22. The smallest absolute Gasteiger partial charge is 0.387 e. The average molecular weight is 796 g/mol. The Balaban J connectivity index is 0.000000188. The first-order chi connectivity index (χ1) is 22.9. The Bertz CT molecular complexity index is 2120. The lowest BCUT2D eigenvalue weighted by molar-refractivity contribution is -0.0514. The number of halogens is 6. The van der Waals surface area contributed by atoms with E-state index >= 15 is 0 Å². The first-order valence-electron chi connectivity index (χ1n) is 13.9. The number of aliphatic hydroxyl groups is 1. The third-order valence-corrected chi connectivity index (χ3v) is 8.78. The van der Waals surface area contributed by atoms with Crippen LogP contribution in [0.15, 0.2) is 78.4 Å². The van der Waals surface area contributed by atoms with E-state index in [1.807, 2.05) is 50.2 Å². The maximum absolute atomic E-state index is 12.6. The number of rotatable bonds is 8. The summed E-state index contributed by atoms with van der Waals surface area (Å²) in [7, 11) is 1.15. The second-order valence-corrected chi connectivity index (χ2v) is 11.7. The van der Waals surface area contributed by atoms with E-state index in [4.69, 9.17) is 8.83 Å². The summed E-state index contributed by atoms with van der Waals surface area (Å²) in [5, 5.41) is 9.31. The third-order valence-electron chi connectivity index (χ3n) is 7.06. The lowest BCUT2D eigenvalue weighted by Crippen LogP contribution is -2.09. The Morgan fingerprint density at radius 3 is 1.75 bits per heavy atom. The molecule has 0 fully saturated rings. The van der Waals surface area contributed by atoms with Crippen LogP contribution in [0.3, 0.4) is 0 Å². The quantitative estimate of drug-likeness (QED) is 0.119. The summed E-state index contributed by atoms with van der Waals surface area (Å²) in [6.45, 7) is -2.70. The molecule has 0 saturated carbocycles. The monoisotopic (exact) mass is 794 g/mol. The molecule has 0 unspecified atom stereocenters. The van der Waals surface area contributed by atoms with Crippen molar-refractivity contribution in [3.8, 4) is 34.4 Å². The van der Waals surface area contributed by atoms with Gasteiger partial charge >= 0.3 is 19.2 Å². The number of ether oxygens (including phenoxy) is 3. The normalized spacial score (nSPS) is 11.2. The number of esters is 1. The number of fused-ring (bicyclic) bond motifs is 2. The molecule has 6 rings (SSSR count). The van der Waals surface area contributed by atoms with E-state index in [0.717, 1.165) is 38.3 Å². The fourth-order valence-electron chi connectivity index (χ4n) is 4.65. The van der Waals surface area contributed by atoms with Crippen LogP contribution < -0.4 is 9.47 Å². The van der Waals surface area contributed by atoms with Gasteiger partial charge in [-0.15, -0.1) is 0 Å². The van der Waals surface area contributed by atoms with Gasteiger partial charge in [-0.3, -0.25) is 0 Å². The van der Waals surface area contributed by atoms with E-state index in [0.29, 0.717) is 28.4 Å². The molecule has 4 aromatic carbocycles. The number of aromatic nitrogens is 2. The van der Waals surface area contributed by atoms with E-state index in [2.05, 4.69) is 56.0 Å². The fourth-order valence-corrected chi connectivity index (χ4v) is 5.39. The van der Waals surface area contributed by atoms with Crippen molar-refractivity contribution < 1.29 is 50.5 Å². The van der Waals surface area contributed by atoms with Crippen LogP contribution in [0.2, 0.25) is 0 Å². The van der Waals surface area contributed by atoms with Crippen LogP contribution in [-0.4, -0.2) is 41.4 Å². The van der Waals surface area contributed by atoms with Gasteiger partial charge in [0.15, 0.2) is 11.2 Å². The summed E-state index contributed by atoms with van der Waals surface area (Å²) in [6.07, 6.45) is 0. The predicted molar refractivity (Wildman–Crippen MR) is 174 cm³/mol. The molecule has 0 aliphatic heterocycles. The maximum Gasteiger partial charge on any atom is 0.387 e. The molecule has 0 atom stereocenters. The summed E-state index contributed by atoms with van der Waals surface area (Å²) >= 11 is 6.87. The second kappa shape index (κ2) is 14.7. The van der Waals surface area contributed by atoms with Crippen molar-refractivity contribution in [1.29, 1.82) is 0 Å². The van der Waals surface area contributed by atoms with E-state index in [1.54, 1.807) is 0 Å². The van der Waals surface area contributed by atoms with Gasteiger partial charge in [0.1, 0.15) is 28.1 Å². The van der Waals surface area contributed by atoms with Crippen LogP contribution in [0.5, 0.6) is 11.5 Å². The molecule has 15 heteroatoms. The van der Waals surface area contributed by atoms with Gasteiger partial charge in [0, 0.05) is 37.8 Å². The molecule has 0 bridgehead atoms. The second-order valence-electron chi connectivity index (χ2n) is 10.0. The first kappa shape index (κ1) is 34.9. The molecule has 250 valence electrons. The standard InChI is InChI=1S/C17H12BrF2NO4.C16H12BrF2NO3/c1-8-9(4-3-5-11(8)18)15-21-12-6-10(16(22)23-2)13(25-17(19)20)7-14(12)24-15;1-8-10(3-2-4-11(8)17)15-20-12-5-9(7-21)13(23-16(18)19)6-14(12)22-15/h3-7,17H,1-2H3;2-6,16,21H,7H2,1H3. The molecule has 0 amide bonds. The molecule has 9 nitrogen and oxygen atoms in total. The number of hydrogen-bond donors (Lipinski definition) is 1. The van der Waals surface area contributed by atoms with E-state index < -0.39 is 25.8 Å². The van der Waals surface area contributed by atoms with Crippen molar-refractivity contribution in [3.05, 3.63) is 91.9 Å². The number of aliphatic hydroxyl groups excluding tert-OH is 1. The minimum absolute atomic E-state index is 0.122. The van der Waals surface area contributed by atoms with Crippen molar-refractivity contribution >= 4 is 60.0 Å². The predicted octanol–water partition coefficient (Wildman–Crippen LogP) is 9.61. The van der Waals surface area contributed by atoms with Crippen LogP contribution in [0.25, 0.3) is 45.1 Å². The van der Waals surface area contributed by atoms with Crippen molar-refractivity contribution in [2.45, 2.75) is 33.7 Å². The Morgan fingerprint density at radius 1 is 0.792 bits per heavy atom. The van der Waals surface area contributed by atoms with Crippen molar-refractivity contribution in [2.75, 3.05) is 7.11 Å². The number of benzene rings is 4. The third kappa shape index (κ3) is 7.48. The average Bonchev–Trinajstić information content (AvgIpc) is 3.65. The van der Waals surface area contributed by atoms with E-state index in [9.17, 15) is 27.5 Å².